The van der Waals surface area contributed by atoms with Crippen LogP contribution in [0.15, 0.2) is 91.0 Å². The Morgan fingerprint density at radius 1 is 0.760 bits per heavy atom. The molecule has 3 heterocycles. The molecule has 22 nitrogen and oxygen atoms in total. The van der Waals surface area contributed by atoms with Gasteiger partial charge >= 0.3 is 12.1 Å². The quantitative estimate of drug-likeness (QED) is 0.0244. The summed E-state index contributed by atoms with van der Waals surface area (Å²) in [5.74, 6) is -2.47. The molecule has 394 valence electrons. The number of nitrogens with one attached hydrogen (secondary N) is 6. The van der Waals surface area contributed by atoms with E-state index in [0.717, 1.165) is 34.3 Å². The van der Waals surface area contributed by atoms with Gasteiger partial charge in [-0.3, -0.25) is 38.5 Å². The predicted molar refractivity (Wildman–Crippen MR) is 282 cm³/mol. The van der Waals surface area contributed by atoms with E-state index in [0.29, 0.717) is 79.4 Å². The fourth-order valence-corrected chi connectivity index (χ4v) is 8.71. The molecule has 0 aliphatic carbocycles. The lowest BCUT2D eigenvalue weighted by Crippen LogP contribution is -2.48. The minimum Gasteiger partial charge on any atom is -0.409 e. The number of benzene rings is 4. The number of hydrogen-bond acceptors (Lipinski definition) is 13. The van der Waals surface area contributed by atoms with E-state index in [9.17, 15) is 43.2 Å². The number of ether oxygens (including phenoxy) is 1. The van der Waals surface area contributed by atoms with Crippen LogP contribution in [0.4, 0.5) is 32.3 Å². The SMILES string of the molecule is CN1CCN(C(=O)Oc2cc3c(c4ccccc24)CCN3C(=O)/C=C/c2cc(NC(=O)c3ccc(NC(=O)[C@H](CCCCNC(N)=O)NC(=O)CNCCNC(=O)CCCN4C(=O)C=CC4=O)cc3)ccc2N)CC1. The van der Waals surface area contributed by atoms with E-state index in [4.69, 9.17) is 16.2 Å². The maximum absolute atomic E-state index is 13.8. The minimum atomic E-state index is -0.965. The summed E-state index contributed by atoms with van der Waals surface area (Å²) < 4.78 is 5.98. The van der Waals surface area contributed by atoms with Gasteiger partial charge < -0.3 is 62.8 Å². The van der Waals surface area contributed by atoms with Crippen molar-refractivity contribution >= 4 is 93.1 Å². The van der Waals surface area contributed by atoms with Gasteiger partial charge in [0.25, 0.3) is 23.6 Å². The lowest BCUT2D eigenvalue weighted by atomic mass is 10.0. The maximum Gasteiger partial charge on any atom is 0.415 e. The number of carbonyl (C=O) groups excluding carboxylic acids is 9. The zero-order chi connectivity index (χ0) is 53.4. The van der Waals surface area contributed by atoms with E-state index < -0.39 is 47.7 Å². The summed E-state index contributed by atoms with van der Waals surface area (Å²) in [6.07, 6.45) is 7.12. The number of anilines is 4. The molecule has 3 aliphatic heterocycles. The number of unbranched alkanes of at least 4 members (excludes halogenated alkanes) is 1. The highest BCUT2D eigenvalue weighted by molar-refractivity contribution is 6.13. The predicted octanol–water partition coefficient (Wildman–Crippen LogP) is 2.70. The van der Waals surface area contributed by atoms with Crippen molar-refractivity contribution in [2.75, 3.05) is 93.8 Å². The molecule has 75 heavy (non-hydrogen) atoms. The first-order valence-electron chi connectivity index (χ1n) is 24.8. The number of carbonyl (C=O) groups is 9. The fourth-order valence-electron chi connectivity index (χ4n) is 8.71. The molecule has 22 heteroatoms. The molecule has 0 spiro atoms. The van der Waals surface area contributed by atoms with E-state index in [2.05, 4.69) is 36.8 Å². The molecule has 10 N–H and O–H groups in total. The standard InChI is InChI=1S/C53H62N12O10/c1-62-27-29-63(30-28-62)53(74)75-44-32-43-39(38-7-2-3-8-40(38)44)21-26-64(43)47(68)18-13-35-31-37(16-17-41(35)54)60-50(71)34-11-14-36(15-12-34)59-51(72)42(9-4-5-22-58-52(55)73)61-46(67)33-56-23-24-57-45(66)10-6-25-65-48(69)19-20-49(65)70/h2-3,7-8,11-20,31-32,42,56H,4-6,9-10,21-30,33,54H2,1H3,(H,57,66)(H,59,72)(H,60,71)(H,61,67)(H3,55,58,73)/b18-13+/t42-/m0/s1. The number of nitrogen functional groups attached to an aromatic ring is 1. The van der Waals surface area contributed by atoms with Crippen LogP contribution in [-0.4, -0.2) is 147 Å². The Balaban J connectivity index is 0.902. The second-order valence-corrected chi connectivity index (χ2v) is 18.2. The molecule has 0 radical (unpaired) electrons. The lowest BCUT2D eigenvalue weighted by molar-refractivity contribution is -0.137. The fraction of sp³-hybridized carbons (Fsp3) is 0.340. The van der Waals surface area contributed by atoms with Gasteiger partial charge in [-0.05, 0) is 104 Å². The van der Waals surface area contributed by atoms with Crippen LogP contribution in [0.25, 0.3) is 16.8 Å². The third kappa shape index (κ3) is 15.0. The van der Waals surface area contributed by atoms with Gasteiger partial charge in [0.05, 0.1) is 12.2 Å². The number of hydrogen-bond donors (Lipinski definition) is 8. The maximum atomic E-state index is 13.8. The zero-order valence-corrected chi connectivity index (χ0v) is 41.7. The van der Waals surface area contributed by atoms with Crippen molar-refractivity contribution in [1.82, 2.24) is 36.0 Å². The van der Waals surface area contributed by atoms with Crippen molar-refractivity contribution in [2.45, 2.75) is 44.6 Å². The van der Waals surface area contributed by atoms with Crippen LogP contribution < -0.4 is 53.0 Å². The number of piperazine rings is 1. The number of amides is 10. The average molecular weight is 1030 g/mol. The summed E-state index contributed by atoms with van der Waals surface area (Å²) in [4.78, 5) is 120. The van der Waals surface area contributed by atoms with Gasteiger partial charge in [-0.15, -0.1) is 0 Å². The number of fused-ring (bicyclic) bond motifs is 3. The number of nitrogens with two attached hydrogens (primary N) is 2. The molecule has 0 saturated carbocycles. The molecule has 3 aliphatic rings. The average Bonchev–Trinajstić information content (AvgIpc) is 3.98. The molecule has 0 unspecified atom stereocenters. The number of urea groups is 1. The summed E-state index contributed by atoms with van der Waals surface area (Å²) in [6.45, 7) is 3.72. The number of rotatable bonds is 22. The van der Waals surface area contributed by atoms with Crippen molar-refractivity contribution in [3.8, 4) is 5.75 Å². The second-order valence-electron chi connectivity index (χ2n) is 18.2. The Morgan fingerprint density at radius 3 is 2.21 bits per heavy atom. The Morgan fingerprint density at radius 2 is 1.48 bits per heavy atom. The van der Waals surface area contributed by atoms with Crippen LogP contribution >= 0.6 is 0 Å². The van der Waals surface area contributed by atoms with Crippen LogP contribution in [0, 0.1) is 0 Å². The summed E-state index contributed by atoms with van der Waals surface area (Å²) in [5, 5.41) is 18.2. The molecule has 4 aromatic rings. The first kappa shape index (κ1) is 54.2. The van der Waals surface area contributed by atoms with Gasteiger partial charge in [0, 0.05) is 118 Å². The van der Waals surface area contributed by atoms with E-state index in [1.807, 2.05) is 31.3 Å². The Bertz CT molecular complexity index is 2860. The van der Waals surface area contributed by atoms with Crippen LogP contribution in [0.1, 0.15) is 53.6 Å². The highest BCUT2D eigenvalue weighted by Crippen LogP contribution is 2.40. The van der Waals surface area contributed by atoms with Crippen LogP contribution in [0.5, 0.6) is 5.75 Å². The summed E-state index contributed by atoms with van der Waals surface area (Å²) >= 11 is 0. The van der Waals surface area contributed by atoms with Crippen molar-refractivity contribution in [2.24, 2.45) is 5.73 Å². The summed E-state index contributed by atoms with van der Waals surface area (Å²) in [5.41, 5.74) is 15.0. The largest absolute Gasteiger partial charge is 0.415 e. The lowest BCUT2D eigenvalue weighted by Gasteiger charge is -2.31. The number of likely N-dealkylation sites (N-methyl/N-ethyl adjacent to an activating group) is 1. The second kappa shape index (κ2) is 25.8. The van der Waals surface area contributed by atoms with Gasteiger partial charge in [-0.1, -0.05) is 24.3 Å². The molecule has 10 amide bonds. The molecule has 1 atom stereocenters. The first-order valence-corrected chi connectivity index (χ1v) is 24.8. The summed E-state index contributed by atoms with van der Waals surface area (Å²) in [6, 6.07) is 18.8. The Labute approximate surface area is 433 Å². The van der Waals surface area contributed by atoms with Gasteiger partial charge in [0.1, 0.15) is 11.8 Å². The summed E-state index contributed by atoms with van der Waals surface area (Å²) in [7, 11) is 2.01. The molecular weight excluding hydrogens is 965 g/mol. The van der Waals surface area contributed by atoms with Crippen LogP contribution in [0.3, 0.4) is 0 Å². The molecule has 1 fully saturated rings. The van der Waals surface area contributed by atoms with Gasteiger partial charge in [-0.25, -0.2) is 9.59 Å². The van der Waals surface area contributed by atoms with Crippen LogP contribution in [0.2, 0.25) is 0 Å². The monoisotopic (exact) mass is 1030 g/mol. The molecule has 4 aromatic carbocycles. The Hall–Kier alpha value is -8.63. The van der Waals surface area contributed by atoms with E-state index in [1.54, 1.807) is 52.3 Å². The molecule has 0 aromatic heterocycles. The highest BCUT2D eigenvalue weighted by Gasteiger charge is 2.29. The molecule has 1 saturated heterocycles. The van der Waals surface area contributed by atoms with E-state index >= 15 is 0 Å². The zero-order valence-electron chi connectivity index (χ0n) is 41.7. The highest BCUT2D eigenvalue weighted by atomic mass is 16.6. The van der Waals surface area contributed by atoms with E-state index in [-0.39, 0.29) is 62.9 Å². The van der Waals surface area contributed by atoms with Gasteiger partial charge in [0.15, 0.2) is 0 Å². The van der Waals surface area contributed by atoms with Gasteiger partial charge in [-0.2, -0.15) is 0 Å². The molecule has 0 bridgehead atoms. The van der Waals surface area contributed by atoms with Crippen molar-refractivity contribution < 1.29 is 47.9 Å². The smallest absolute Gasteiger partial charge is 0.409 e. The third-order valence-corrected chi connectivity index (χ3v) is 12.8. The normalized spacial score (nSPS) is 14.7. The van der Waals surface area contributed by atoms with E-state index in [1.165, 1.54) is 30.4 Å². The third-order valence-electron chi connectivity index (χ3n) is 12.8. The van der Waals surface area contributed by atoms with Crippen molar-refractivity contribution in [3.05, 3.63) is 108 Å². The minimum absolute atomic E-state index is 0.103. The van der Waals surface area contributed by atoms with Crippen LogP contribution in [-0.2, 0) is 35.2 Å². The Kier molecular flexibility index (Phi) is 18.7. The molecule has 7 rings (SSSR count). The number of imide groups is 1. The molecular formula is C53H62N12O10. The van der Waals surface area contributed by atoms with Crippen molar-refractivity contribution in [1.29, 1.82) is 0 Å². The number of primary amides is 1. The number of nitrogens with zero attached hydrogens (tertiary/aromatic N) is 4. The first-order chi connectivity index (χ1) is 36.1. The van der Waals surface area contributed by atoms with Crippen molar-refractivity contribution in [3.63, 3.8) is 0 Å². The van der Waals surface area contributed by atoms with Gasteiger partial charge in [0.2, 0.25) is 17.7 Å². The topological polar surface area (TPSA) is 300 Å².